The number of likely N-dealkylation sites (N-methyl/N-ethyl adjacent to an activating group) is 1. The Morgan fingerprint density at radius 3 is 2.08 bits per heavy atom. The van der Waals surface area contributed by atoms with Gasteiger partial charge in [0.1, 0.15) is 5.75 Å². The van der Waals surface area contributed by atoms with Crippen molar-refractivity contribution in [2.75, 3.05) is 14.1 Å². The molecule has 0 aliphatic heterocycles. The van der Waals surface area contributed by atoms with E-state index >= 15 is 0 Å². The minimum absolute atomic E-state index is 0.137. The van der Waals surface area contributed by atoms with E-state index in [1.165, 1.54) is 19.0 Å². The van der Waals surface area contributed by atoms with Crippen molar-refractivity contribution in [2.45, 2.75) is 64.7 Å². The summed E-state index contributed by atoms with van der Waals surface area (Å²) in [5, 5.41) is 35.1. The number of Topliss-reactive ketones (excluding diaryl/α,β-unsaturated/α-hetero) is 4. The highest BCUT2D eigenvalue weighted by Gasteiger charge is 2.72. The minimum Gasteiger partial charge on any atom is -0.507 e. The van der Waals surface area contributed by atoms with Crippen LogP contribution in [0.25, 0.3) is 5.57 Å². The number of hydrogen-bond acceptors (Lipinski definition) is 9. The number of phenols is 1. The number of aliphatic hydroxyl groups excluding tert-OH is 1. The second kappa shape index (κ2) is 9.15. The summed E-state index contributed by atoms with van der Waals surface area (Å²) >= 11 is 0. The first kappa shape index (κ1) is 29.8. The fraction of sp³-hybridized carbons (Fsp3) is 0.567. The SMILES string of the molecule is CN(C)[C@H]1C(=O)C(C(N)=O)C(=O)[C@]2(O)C(=O)C3C(=O)c4c(ccc(C(C)(C)C)c4O)C(=CC(C)(C)C)[C@@H]3[C@@H](O)[C@H]12. The molecule has 3 aliphatic carbocycles. The van der Waals surface area contributed by atoms with Crippen molar-refractivity contribution in [2.24, 2.45) is 34.8 Å². The highest BCUT2D eigenvalue weighted by atomic mass is 16.3. The van der Waals surface area contributed by atoms with Crippen LogP contribution in [0.2, 0.25) is 0 Å². The number of hydrogen-bond donors (Lipinski definition) is 4. The van der Waals surface area contributed by atoms with Gasteiger partial charge in [0.2, 0.25) is 5.91 Å². The monoisotopic (exact) mass is 554 g/mol. The van der Waals surface area contributed by atoms with Crippen molar-refractivity contribution in [1.82, 2.24) is 4.90 Å². The fourth-order valence-electron chi connectivity index (χ4n) is 6.78. The van der Waals surface area contributed by atoms with Gasteiger partial charge in [0.05, 0.1) is 29.5 Å². The zero-order valence-corrected chi connectivity index (χ0v) is 24.1. The molecule has 2 fully saturated rings. The maximum Gasteiger partial charge on any atom is 0.235 e. The van der Waals surface area contributed by atoms with Crippen molar-refractivity contribution in [3.8, 4) is 5.75 Å². The third-order valence-electron chi connectivity index (χ3n) is 8.40. The van der Waals surface area contributed by atoms with Crippen molar-refractivity contribution in [3.05, 3.63) is 34.9 Å². The highest BCUT2D eigenvalue weighted by Crippen LogP contribution is 2.55. The number of carbonyl (C=O) groups excluding carboxylic acids is 5. The molecule has 1 aromatic carbocycles. The number of rotatable bonds is 2. The van der Waals surface area contributed by atoms with Crippen LogP contribution in [0, 0.1) is 29.1 Å². The molecule has 10 nitrogen and oxygen atoms in total. The Morgan fingerprint density at radius 2 is 1.60 bits per heavy atom. The molecule has 0 heterocycles. The van der Waals surface area contributed by atoms with Crippen molar-refractivity contribution < 1.29 is 39.3 Å². The van der Waals surface area contributed by atoms with Crippen LogP contribution < -0.4 is 5.73 Å². The van der Waals surface area contributed by atoms with E-state index in [-0.39, 0.29) is 11.3 Å². The molecule has 2 unspecified atom stereocenters. The largest absolute Gasteiger partial charge is 0.507 e. The summed E-state index contributed by atoms with van der Waals surface area (Å²) in [6.07, 6.45) is 0.0630. The lowest BCUT2D eigenvalue weighted by molar-refractivity contribution is -0.192. The Bertz CT molecular complexity index is 1380. The molecular formula is C30H38N2O8. The number of ketones is 4. The van der Waals surface area contributed by atoms with E-state index in [2.05, 4.69) is 0 Å². The van der Waals surface area contributed by atoms with E-state index in [1.54, 1.807) is 18.2 Å². The Labute approximate surface area is 233 Å². The molecule has 2 saturated carbocycles. The van der Waals surface area contributed by atoms with Crippen LogP contribution in [0.15, 0.2) is 18.2 Å². The fourth-order valence-corrected chi connectivity index (χ4v) is 6.78. The van der Waals surface area contributed by atoms with E-state index in [4.69, 9.17) is 5.73 Å². The van der Waals surface area contributed by atoms with Crippen molar-refractivity contribution in [1.29, 1.82) is 0 Å². The molecule has 0 saturated heterocycles. The average Bonchev–Trinajstić information content (AvgIpc) is 2.78. The van der Waals surface area contributed by atoms with Crippen LogP contribution in [0.4, 0.5) is 0 Å². The number of fused-ring (bicyclic) bond motifs is 3. The van der Waals surface area contributed by atoms with Gasteiger partial charge in [-0.2, -0.15) is 0 Å². The second-order valence-electron chi connectivity index (χ2n) is 13.6. The molecule has 1 amide bonds. The highest BCUT2D eigenvalue weighted by molar-refractivity contribution is 6.33. The number of benzene rings is 1. The Morgan fingerprint density at radius 1 is 1.02 bits per heavy atom. The molecule has 1 aromatic rings. The lowest BCUT2D eigenvalue weighted by Crippen LogP contribution is -2.77. The molecule has 0 spiro atoms. The molecule has 0 radical (unpaired) electrons. The molecule has 5 N–H and O–H groups in total. The summed E-state index contributed by atoms with van der Waals surface area (Å²) in [6, 6.07) is 1.94. The van der Waals surface area contributed by atoms with Crippen LogP contribution in [-0.2, 0) is 24.6 Å². The number of nitrogens with zero attached hydrogens (tertiary/aromatic N) is 1. The van der Waals surface area contributed by atoms with Crippen LogP contribution in [-0.4, -0.2) is 81.1 Å². The van der Waals surface area contributed by atoms with Gasteiger partial charge in [-0.3, -0.25) is 28.9 Å². The van der Waals surface area contributed by atoms with E-state index in [0.717, 1.165) is 0 Å². The lowest BCUT2D eigenvalue weighted by atomic mass is 9.50. The lowest BCUT2D eigenvalue weighted by Gasteiger charge is -2.55. The maximum atomic E-state index is 14.2. The average molecular weight is 555 g/mol. The van der Waals surface area contributed by atoms with Gasteiger partial charge in [-0.25, -0.2) is 0 Å². The number of aromatic hydroxyl groups is 1. The molecule has 7 atom stereocenters. The summed E-state index contributed by atoms with van der Waals surface area (Å²) in [4.78, 5) is 68.8. The Balaban J connectivity index is 2.07. The summed E-state index contributed by atoms with van der Waals surface area (Å²) in [5.74, 6) is -12.9. The van der Waals surface area contributed by atoms with Crippen molar-refractivity contribution in [3.63, 3.8) is 0 Å². The number of nitrogens with two attached hydrogens (primary N) is 1. The van der Waals surface area contributed by atoms with Gasteiger partial charge in [0.15, 0.2) is 34.7 Å². The third kappa shape index (κ3) is 4.07. The van der Waals surface area contributed by atoms with Crippen LogP contribution >= 0.6 is 0 Å². The van der Waals surface area contributed by atoms with Gasteiger partial charge in [-0.1, -0.05) is 59.8 Å². The molecule has 0 aromatic heterocycles. The molecule has 0 bridgehead atoms. The first-order valence-electron chi connectivity index (χ1n) is 13.3. The Kier molecular flexibility index (Phi) is 6.81. The van der Waals surface area contributed by atoms with Gasteiger partial charge in [-0.15, -0.1) is 0 Å². The van der Waals surface area contributed by atoms with Gasteiger partial charge in [0, 0.05) is 11.5 Å². The van der Waals surface area contributed by atoms with E-state index < -0.39 is 81.3 Å². The molecule has 4 rings (SSSR count). The van der Waals surface area contributed by atoms with Gasteiger partial charge >= 0.3 is 0 Å². The molecule has 40 heavy (non-hydrogen) atoms. The molecule has 3 aliphatic rings. The summed E-state index contributed by atoms with van der Waals surface area (Å²) in [5.41, 5.74) is 2.26. The molecule has 216 valence electrons. The summed E-state index contributed by atoms with van der Waals surface area (Å²) in [6.45, 7) is 11.2. The summed E-state index contributed by atoms with van der Waals surface area (Å²) in [7, 11) is 2.92. The first-order chi connectivity index (χ1) is 18.2. The number of allylic oxidation sites excluding steroid dienone is 1. The molecular weight excluding hydrogens is 516 g/mol. The quantitative estimate of drug-likeness (QED) is 0.389. The number of aliphatic hydroxyl groups is 2. The van der Waals surface area contributed by atoms with Gasteiger partial charge in [0.25, 0.3) is 0 Å². The van der Waals surface area contributed by atoms with Crippen LogP contribution in [0.1, 0.15) is 63.0 Å². The number of carbonyl (C=O) groups is 5. The normalized spacial score (nSPS) is 33.6. The minimum atomic E-state index is -3.04. The van der Waals surface area contributed by atoms with E-state index in [0.29, 0.717) is 16.7 Å². The third-order valence-corrected chi connectivity index (χ3v) is 8.40. The van der Waals surface area contributed by atoms with Gasteiger partial charge in [-0.05, 0) is 36.1 Å². The maximum absolute atomic E-state index is 14.2. The standard InChI is InChI=1S/C30H38N2O8/c1-28(2,3)11-13-12-9-10-14(29(4,5)6)21(33)16(12)22(34)17-15(13)23(35)19-20(32(7)8)24(36)18(27(31)39)26(38)30(19,40)25(17)37/h9-11,15,17-20,23,33,35,40H,1-8H3,(H2,31,39)/t15-,17?,18?,19-,20+,23+,30+/m0/s1. The topological polar surface area (TPSA) is 175 Å². The van der Waals surface area contributed by atoms with E-state index in [1.807, 2.05) is 41.5 Å². The predicted molar refractivity (Wildman–Crippen MR) is 145 cm³/mol. The molecule has 10 heteroatoms. The predicted octanol–water partition coefficient (Wildman–Crippen LogP) is 1.02. The van der Waals surface area contributed by atoms with Gasteiger partial charge < -0.3 is 21.1 Å². The number of phenolic OH excluding ortho intramolecular Hbond substituents is 1. The smallest absolute Gasteiger partial charge is 0.235 e. The summed E-state index contributed by atoms with van der Waals surface area (Å²) < 4.78 is 0. The van der Waals surface area contributed by atoms with Crippen LogP contribution in [0.3, 0.4) is 0 Å². The second-order valence-corrected chi connectivity index (χ2v) is 13.6. The first-order valence-corrected chi connectivity index (χ1v) is 13.3. The van der Waals surface area contributed by atoms with Crippen LogP contribution in [0.5, 0.6) is 5.75 Å². The number of primary amides is 1. The van der Waals surface area contributed by atoms with E-state index in [9.17, 15) is 39.3 Å². The van der Waals surface area contributed by atoms with Crippen molar-refractivity contribution >= 4 is 34.6 Å². The Hall–Kier alpha value is -3.21. The number of amides is 1. The zero-order chi connectivity index (χ0) is 30.4. The zero-order valence-electron chi connectivity index (χ0n) is 24.1.